The lowest BCUT2D eigenvalue weighted by atomic mass is 9.78. The lowest BCUT2D eigenvalue weighted by molar-refractivity contribution is -0.163. The van der Waals surface area contributed by atoms with Crippen molar-refractivity contribution in [3.05, 3.63) is 11.6 Å². The van der Waals surface area contributed by atoms with Gasteiger partial charge in [-0.05, 0) is 38.2 Å². The quantitative estimate of drug-likeness (QED) is 0.326. The van der Waals surface area contributed by atoms with Crippen LogP contribution in [0.4, 0.5) is 0 Å². The average Bonchev–Trinajstić information content (AvgIpc) is 2.52. The van der Waals surface area contributed by atoms with Crippen LogP contribution < -0.4 is 0 Å². The van der Waals surface area contributed by atoms with E-state index >= 15 is 0 Å². The maximum Gasteiger partial charge on any atom is 0.375 e. The molecule has 0 aromatic heterocycles. The highest BCUT2D eigenvalue weighted by molar-refractivity contribution is 6.38. The number of Topliss-reactive ketones (excluding diaryl/α,β-unsaturated/α-hetero) is 1. The molecule has 0 aromatic rings. The zero-order chi connectivity index (χ0) is 15.8. The molecule has 0 N–H and O–H groups in total. The van der Waals surface area contributed by atoms with Crippen molar-refractivity contribution in [2.24, 2.45) is 11.8 Å². The van der Waals surface area contributed by atoms with E-state index in [9.17, 15) is 14.4 Å². The first-order valence-electron chi connectivity index (χ1n) is 7.41. The Morgan fingerprint density at radius 2 is 1.81 bits per heavy atom. The standard InChI is InChI=1S/C16H24O5/c1-4-11(2)10-21-16(19)14(17)13(15(18)20-3)12-8-6-5-7-9-12/h4,12-13H,5-10H2,1-3H3/b11-4+. The van der Waals surface area contributed by atoms with Crippen LogP contribution in [0, 0.1) is 11.8 Å². The van der Waals surface area contributed by atoms with Crippen molar-refractivity contribution in [2.75, 3.05) is 13.7 Å². The van der Waals surface area contributed by atoms with E-state index in [0.29, 0.717) is 0 Å². The second kappa shape index (κ2) is 8.60. The van der Waals surface area contributed by atoms with Crippen molar-refractivity contribution in [3.8, 4) is 0 Å². The number of hydrogen-bond donors (Lipinski definition) is 0. The first kappa shape index (κ1) is 17.4. The molecule has 0 aliphatic heterocycles. The summed E-state index contributed by atoms with van der Waals surface area (Å²) in [5, 5.41) is 0. The number of carbonyl (C=O) groups is 3. The van der Waals surface area contributed by atoms with Crippen molar-refractivity contribution in [3.63, 3.8) is 0 Å². The van der Waals surface area contributed by atoms with Crippen molar-refractivity contribution in [1.29, 1.82) is 0 Å². The summed E-state index contributed by atoms with van der Waals surface area (Å²) in [6.45, 7) is 3.70. The monoisotopic (exact) mass is 296 g/mol. The van der Waals surface area contributed by atoms with E-state index < -0.39 is 23.6 Å². The van der Waals surface area contributed by atoms with Gasteiger partial charge in [-0.15, -0.1) is 0 Å². The number of rotatable bonds is 6. The average molecular weight is 296 g/mol. The molecule has 1 unspecified atom stereocenters. The molecule has 1 aliphatic rings. The van der Waals surface area contributed by atoms with Gasteiger partial charge in [0.25, 0.3) is 5.78 Å². The van der Waals surface area contributed by atoms with Gasteiger partial charge in [0.05, 0.1) is 7.11 Å². The molecule has 0 spiro atoms. The minimum Gasteiger partial charge on any atom is -0.468 e. The first-order chi connectivity index (χ1) is 10.0. The van der Waals surface area contributed by atoms with Crippen LogP contribution >= 0.6 is 0 Å². The van der Waals surface area contributed by atoms with Crippen molar-refractivity contribution in [2.45, 2.75) is 46.0 Å². The maximum absolute atomic E-state index is 12.2. The molecule has 0 heterocycles. The number of ether oxygens (including phenoxy) is 2. The van der Waals surface area contributed by atoms with Gasteiger partial charge in [0.15, 0.2) is 0 Å². The third-order valence-electron chi connectivity index (χ3n) is 3.98. The SMILES string of the molecule is C/C=C(\C)COC(=O)C(=O)C(C(=O)OC)C1CCCCC1. The molecule has 0 radical (unpaired) electrons. The van der Waals surface area contributed by atoms with Crippen LogP contribution in [-0.2, 0) is 23.9 Å². The molecule has 21 heavy (non-hydrogen) atoms. The largest absolute Gasteiger partial charge is 0.468 e. The van der Waals surface area contributed by atoms with Crippen LogP contribution in [0.3, 0.4) is 0 Å². The van der Waals surface area contributed by atoms with E-state index in [1.165, 1.54) is 7.11 Å². The molecule has 1 aliphatic carbocycles. The van der Waals surface area contributed by atoms with Gasteiger partial charge >= 0.3 is 11.9 Å². The Kier molecular flexibility index (Phi) is 7.12. The minimum absolute atomic E-state index is 0.0691. The highest BCUT2D eigenvalue weighted by Crippen LogP contribution is 2.31. The summed E-state index contributed by atoms with van der Waals surface area (Å²) in [7, 11) is 1.24. The summed E-state index contributed by atoms with van der Waals surface area (Å²) in [6.07, 6.45) is 6.38. The molecule has 1 fully saturated rings. The number of allylic oxidation sites excluding steroid dienone is 1. The summed E-state index contributed by atoms with van der Waals surface area (Å²) >= 11 is 0. The van der Waals surface area contributed by atoms with Gasteiger partial charge in [-0.3, -0.25) is 9.59 Å². The van der Waals surface area contributed by atoms with Gasteiger partial charge in [0.1, 0.15) is 12.5 Å². The summed E-state index contributed by atoms with van der Waals surface area (Å²) in [4.78, 5) is 36.0. The Morgan fingerprint density at radius 1 is 1.19 bits per heavy atom. The normalized spacial score (nSPS) is 18.0. The zero-order valence-corrected chi connectivity index (χ0v) is 13.0. The second-order valence-corrected chi connectivity index (χ2v) is 5.47. The molecule has 0 saturated heterocycles. The van der Waals surface area contributed by atoms with Gasteiger partial charge in [-0.1, -0.05) is 25.3 Å². The van der Waals surface area contributed by atoms with E-state index in [1.807, 2.05) is 6.92 Å². The van der Waals surface area contributed by atoms with E-state index in [4.69, 9.17) is 9.47 Å². The van der Waals surface area contributed by atoms with Gasteiger partial charge < -0.3 is 9.47 Å². The van der Waals surface area contributed by atoms with E-state index in [-0.39, 0.29) is 12.5 Å². The van der Waals surface area contributed by atoms with Crippen LogP contribution in [0.5, 0.6) is 0 Å². The maximum atomic E-state index is 12.2. The number of esters is 2. The third-order valence-corrected chi connectivity index (χ3v) is 3.98. The molecule has 0 amide bonds. The summed E-state index contributed by atoms with van der Waals surface area (Å²) < 4.78 is 9.66. The Bertz CT molecular complexity index is 418. The molecule has 0 aromatic carbocycles. The van der Waals surface area contributed by atoms with Crippen molar-refractivity contribution in [1.82, 2.24) is 0 Å². The Hall–Kier alpha value is -1.65. The Morgan fingerprint density at radius 3 is 2.33 bits per heavy atom. The lowest BCUT2D eigenvalue weighted by Gasteiger charge is -2.26. The molecule has 5 nitrogen and oxygen atoms in total. The fourth-order valence-corrected chi connectivity index (χ4v) is 2.57. The summed E-state index contributed by atoms with van der Waals surface area (Å²) in [5.74, 6) is -3.50. The van der Waals surface area contributed by atoms with E-state index in [0.717, 1.165) is 37.7 Å². The summed E-state index contributed by atoms with van der Waals surface area (Å²) in [5.41, 5.74) is 0.850. The van der Waals surface area contributed by atoms with Gasteiger partial charge in [-0.25, -0.2) is 4.79 Å². The van der Waals surface area contributed by atoms with Crippen LogP contribution in [0.15, 0.2) is 11.6 Å². The molecule has 0 bridgehead atoms. The zero-order valence-electron chi connectivity index (χ0n) is 13.0. The fourth-order valence-electron chi connectivity index (χ4n) is 2.57. The van der Waals surface area contributed by atoms with Crippen LogP contribution in [0.25, 0.3) is 0 Å². The first-order valence-corrected chi connectivity index (χ1v) is 7.41. The van der Waals surface area contributed by atoms with Crippen molar-refractivity contribution >= 4 is 17.7 Å². The smallest absolute Gasteiger partial charge is 0.375 e. The molecular weight excluding hydrogens is 272 g/mol. The van der Waals surface area contributed by atoms with Crippen molar-refractivity contribution < 1.29 is 23.9 Å². The number of hydrogen-bond acceptors (Lipinski definition) is 5. The second-order valence-electron chi connectivity index (χ2n) is 5.47. The molecule has 1 atom stereocenters. The molecule has 1 saturated carbocycles. The topological polar surface area (TPSA) is 69.7 Å². The fraction of sp³-hybridized carbons (Fsp3) is 0.688. The predicted molar refractivity (Wildman–Crippen MR) is 77.5 cm³/mol. The highest BCUT2D eigenvalue weighted by atomic mass is 16.5. The molecule has 5 heteroatoms. The molecule has 1 rings (SSSR count). The van der Waals surface area contributed by atoms with Crippen LogP contribution in [0.1, 0.15) is 46.0 Å². The van der Waals surface area contributed by atoms with E-state index in [2.05, 4.69) is 0 Å². The number of ketones is 1. The van der Waals surface area contributed by atoms with Gasteiger partial charge in [0.2, 0.25) is 0 Å². The Labute approximate surface area is 125 Å². The summed E-state index contributed by atoms with van der Waals surface area (Å²) in [6, 6.07) is 0. The third kappa shape index (κ3) is 4.99. The predicted octanol–water partition coefficient (Wildman–Crippen LogP) is 2.43. The highest BCUT2D eigenvalue weighted by Gasteiger charge is 2.40. The molecule has 118 valence electrons. The Balaban J connectivity index is 2.74. The van der Waals surface area contributed by atoms with Crippen LogP contribution in [-0.4, -0.2) is 31.4 Å². The van der Waals surface area contributed by atoms with Gasteiger partial charge in [-0.2, -0.15) is 0 Å². The molecular formula is C16H24O5. The lowest BCUT2D eigenvalue weighted by Crippen LogP contribution is -2.38. The minimum atomic E-state index is -1.02. The van der Waals surface area contributed by atoms with Gasteiger partial charge in [0, 0.05) is 0 Å². The number of methoxy groups -OCH3 is 1. The number of carbonyl (C=O) groups excluding carboxylic acids is 3. The van der Waals surface area contributed by atoms with Crippen LogP contribution in [0.2, 0.25) is 0 Å². The van der Waals surface area contributed by atoms with E-state index in [1.54, 1.807) is 13.0 Å².